The molecule has 0 radical (unpaired) electrons. The number of benzene rings is 1. The van der Waals surface area contributed by atoms with Crippen molar-refractivity contribution in [1.29, 1.82) is 0 Å². The third-order valence-corrected chi connectivity index (χ3v) is 3.57. The highest BCUT2D eigenvalue weighted by Crippen LogP contribution is 2.26. The lowest BCUT2D eigenvalue weighted by Gasteiger charge is -2.37. The number of aliphatic carboxylic acids is 1. The normalized spacial score (nSPS) is 20.8. The third-order valence-electron chi connectivity index (χ3n) is 3.57. The number of hydrazine groups is 3. The summed E-state index contributed by atoms with van der Waals surface area (Å²) in [5.41, 5.74) is 7.63. The van der Waals surface area contributed by atoms with Crippen LogP contribution in [0.1, 0.15) is 11.6 Å². The molecule has 1 aliphatic heterocycles. The zero-order valence-electron chi connectivity index (χ0n) is 12.5. The highest BCUT2D eigenvalue weighted by molar-refractivity contribution is 5.83. The van der Waals surface area contributed by atoms with Crippen LogP contribution in [0.5, 0.6) is 0 Å². The lowest BCUT2D eigenvalue weighted by atomic mass is 9.97. The minimum absolute atomic E-state index is 0.314. The summed E-state index contributed by atoms with van der Waals surface area (Å²) in [7, 11) is 1.18. The number of nitrogens with zero attached hydrogens (tertiary/aromatic N) is 1. The van der Waals surface area contributed by atoms with Gasteiger partial charge in [0, 0.05) is 11.5 Å². The maximum absolute atomic E-state index is 11.8. The van der Waals surface area contributed by atoms with Gasteiger partial charge < -0.3 is 14.3 Å². The Morgan fingerprint density at radius 2 is 2.08 bits per heavy atom. The summed E-state index contributed by atoms with van der Waals surface area (Å²) in [5.74, 6) is -1.18. The van der Waals surface area contributed by atoms with Gasteiger partial charge in [-0.3, -0.25) is 4.79 Å². The molecule has 0 spiro atoms. The molecule has 0 bridgehead atoms. The van der Waals surface area contributed by atoms with E-state index in [-0.39, 0.29) is 0 Å². The maximum atomic E-state index is 11.8. The van der Waals surface area contributed by atoms with E-state index in [0.29, 0.717) is 16.5 Å². The fraction of sp³-hybridized carbons (Fsp3) is 0.214. The van der Waals surface area contributed by atoms with Crippen LogP contribution in [0.15, 0.2) is 39.5 Å². The molecule has 1 saturated heterocycles. The van der Waals surface area contributed by atoms with Crippen molar-refractivity contribution < 1.29 is 23.8 Å². The van der Waals surface area contributed by atoms with E-state index in [1.54, 1.807) is 24.3 Å². The summed E-state index contributed by atoms with van der Waals surface area (Å²) in [6, 6.07) is 5.82. The highest BCUT2D eigenvalue weighted by Gasteiger charge is 2.38. The van der Waals surface area contributed by atoms with E-state index in [2.05, 4.69) is 21.1 Å². The second-order valence-electron chi connectivity index (χ2n) is 5.00. The zero-order chi connectivity index (χ0) is 17.3. The zero-order valence-corrected chi connectivity index (χ0v) is 12.5. The second kappa shape index (κ2) is 6.28. The second-order valence-corrected chi connectivity index (χ2v) is 5.00. The van der Waals surface area contributed by atoms with E-state index in [0.717, 1.165) is 5.12 Å². The molecule has 1 fully saturated rings. The Balaban J connectivity index is 2.10. The lowest BCUT2D eigenvalue weighted by Crippen LogP contribution is -2.69. The molecule has 1 aromatic heterocycles. The van der Waals surface area contributed by atoms with Crippen LogP contribution < -0.4 is 22.0 Å². The fourth-order valence-electron chi connectivity index (χ4n) is 2.50. The summed E-state index contributed by atoms with van der Waals surface area (Å²) in [4.78, 5) is 35.0. The summed E-state index contributed by atoms with van der Waals surface area (Å²) >= 11 is 0. The summed E-state index contributed by atoms with van der Waals surface area (Å²) < 4.78 is 9.69. The average Bonchev–Trinajstić information content (AvgIpc) is 2.59. The van der Waals surface area contributed by atoms with Gasteiger partial charge in [-0.15, -0.1) is 5.53 Å². The molecule has 2 aromatic rings. The Morgan fingerprint density at radius 3 is 2.79 bits per heavy atom. The van der Waals surface area contributed by atoms with E-state index >= 15 is 0 Å². The molecule has 2 atom stereocenters. The number of carboxylic acid groups (broad SMARTS) is 1. The molecule has 126 valence electrons. The number of hydrogen-bond donors (Lipinski definition) is 4. The molecule has 4 N–H and O–H groups in total. The predicted molar refractivity (Wildman–Crippen MR) is 80.3 cm³/mol. The van der Waals surface area contributed by atoms with E-state index < -0.39 is 29.8 Å². The molecule has 1 aromatic carbocycles. The molecule has 10 nitrogen and oxygen atoms in total. The first-order valence-electron chi connectivity index (χ1n) is 6.92. The number of para-hydroxylation sites is 1. The minimum atomic E-state index is -1.18. The van der Waals surface area contributed by atoms with Crippen LogP contribution in [-0.4, -0.2) is 35.4 Å². The fourth-order valence-corrected chi connectivity index (χ4v) is 2.50. The van der Waals surface area contributed by atoms with Crippen LogP contribution in [0.3, 0.4) is 0 Å². The SMILES string of the molecule is COC(=O)N1NNC(C(=O)O)C(c2cc(=O)oc3ccccc23)N1. The van der Waals surface area contributed by atoms with Crippen molar-refractivity contribution in [3.63, 3.8) is 0 Å². The molecule has 1 aliphatic rings. The van der Waals surface area contributed by atoms with Gasteiger partial charge in [-0.1, -0.05) is 18.2 Å². The molecule has 2 heterocycles. The van der Waals surface area contributed by atoms with E-state index in [4.69, 9.17) is 4.42 Å². The molecule has 0 saturated carbocycles. The highest BCUT2D eigenvalue weighted by atomic mass is 16.6. The van der Waals surface area contributed by atoms with E-state index in [1.165, 1.54) is 13.2 Å². The van der Waals surface area contributed by atoms with Gasteiger partial charge in [-0.25, -0.2) is 20.4 Å². The van der Waals surface area contributed by atoms with Crippen LogP contribution >= 0.6 is 0 Å². The topological polar surface area (TPSA) is 133 Å². The van der Waals surface area contributed by atoms with Crippen LogP contribution in [0.4, 0.5) is 4.79 Å². The molecular formula is C14H14N4O6. The molecule has 2 unspecified atom stereocenters. The number of carboxylic acids is 1. The van der Waals surface area contributed by atoms with Gasteiger partial charge in [0.25, 0.3) is 0 Å². The molecular weight excluding hydrogens is 320 g/mol. The lowest BCUT2D eigenvalue weighted by molar-refractivity contribution is -0.144. The largest absolute Gasteiger partial charge is 0.480 e. The Hall–Kier alpha value is -2.95. The number of fused-ring (bicyclic) bond motifs is 1. The van der Waals surface area contributed by atoms with Crippen molar-refractivity contribution in [2.75, 3.05) is 7.11 Å². The number of methoxy groups -OCH3 is 1. The molecule has 24 heavy (non-hydrogen) atoms. The van der Waals surface area contributed by atoms with Gasteiger partial charge in [-0.05, 0) is 11.6 Å². The van der Waals surface area contributed by atoms with Crippen molar-refractivity contribution in [3.05, 3.63) is 46.3 Å². The summed E-state index contributed by atoms with van der Waals surface area (Å²) in [6.07, 6.45) is -0.788. The van der Waals surface area contributed by atoms with Gasteiger partial charge in [-0.2, -0.15) is 5.12 Å². The van der Waals surface area contributed by atoms with Crippen molar-refractivity contribution in [1.82, 2.24) is 21.5 Å². The quantitative estimate of drug-likeness (QED) is 0.555. The van der Waals surface area contributed by atoms with Crippen LogP contribution in [0, 0.1) is 0 Å². The molecule has 0 aliphatic carbocycles. The Morgan fingerprint density at radius 1 is 1.33 bits per heavy atom. The molecule has 3 rings (SSSR count). The first-order chi connectivity index (χ1) is 11.5. The van der Waals surface area contributed by atoms with Gasteiger partial charge in [0.05, 0.1) is 13.2 Å². The Labute approximate surface area is 134 Å². The smallest absolute Gasteiger partial charge is 0.440 e. The number of carbonyl (C=O) groups excluding carboxylic acids is 1. The summed E-state index contributed by atoms with van der Waals surface area (Å²) in [5, 5.41) is 10.8. The number of ether oxygens (including phenoxy) is 1. The van der Waals surface area contributed by atoms with Crippen molar-refractivity contribution in [3.8, 4) is 0 Å². The summed E-state index contributed by atoms with van der Waals surface area (Å²) in [6.45, 7) is 0. The first kappa shape index (κ1) is 15.9. The van der Waals surface area contributed by atoms with E-state index in [9.17, 15) is 19.5 Å². The minimum Gasteiger partial charge on any atom is -0.480 e. The standard InChI is InChI=1S/C14H14N4O6/c1-23-14(22)18-16-11(12(13(20)21)15-17-18)8-6-10(19)24-9-5-3-2-4-7(8)9/h2-6,11-12,15-17H,1H3,(H,20,21). The third kappa shape index (κ3) is 2.80. The van der Waals surface area contributed by atoms with Gasteiger partial charge in [0.1, 0.15) is 11.6 Å². The van der Waals surface area contributed by atoms with E-state index in [1.807, 2.05) is 0 Å². The van der Waals surface area contributed by atoms with Gasteiger partial charge in [0.2, 0.25) is 0 Å². The van der Waals surface area contributed by atoms with Crippen molar-refractivity contribution in [2.45, 2.75) is 12.1 Å². The Bertz CT molecular complexity index is 851. The number of carbonyl (C=O) groups is 2. The molecule has 1 amide bonds. The molecule has 10 heteroatoms. The monoisotopic (exact) mass is 334 g/mol. The first-order valence-corrected chi connectivity index (χ1v) is 6.92. The number of amides is 1. The van der Waals surface area contributed by atoms with Crippen LogP contribution in [-0.2, 0) is 9.53 Å². The number of nitrogens with one attached hydrogen (secondary N) is 3. The predicted octanol–water partition coefficient (Wildman–Crippen LogP) is -0.117. The maximum Gasteiger partial charge on any atom is 0.440 e. The number of rotatable bonds is 2. The number of hydrogen-bond acceptors (Lipinski definition) is 8. The van der Waals surface area contributed by atoms with Gasteiger partial charge >= 0.3 is 17.7 Å². The van der Waals surface area contributed by atoms with Gasteiger partial charge in [0.15, 0.2) is 0 Å². The average molecular weight is 334 g/mol. The van der Waals surface area contributed by atoms with Crippen molar-refractivity contribution in [2.24, 2.45) is 0 Å². The van der Waals surface area contributed by atoms with Crippen LogP contribution in [0.2, 0.25) is 0 Å². The van der Waals surface area contributed by atoms with Crippen molar-refractivity contribution >= 4 is 23.0 Å². The van der Waals surface area contributed by atoms with Crippen LogP contribution in [0.25, 0.3) is 11.0 Å². The Kier molecular flexibility index (Phi) is 4.16.